The van der Waals surface area contributed by atoms with Gasteiger partial charge in [-0.25, -0.2) is 0 Å². The van der Waals surface area contributed by atoms with Crippen molar-refractivity contribution < 1.29 is 9.84 Å². The zero-order chi connectivity index (χ0) is 14.9. The summed E-state index contributed by atoms with van der Waals surface area (Å²) in [5, 5.41) is 12.7. The summed E-state index contributed by atoms with van der Waals surface area (Å²) in [6, 6.07) is 18.0. The molecule has 2 rings (SSSR count). The third-order valence-corrected chi connectivity index (χ3v) is 3.64. The molecule has 0 heterocycles. The van der Waals surface area contributed by atoms with Crippen LogP contribution in [0.15, 0.2) is 59.1 Å². The molecule has 3 nitrogen and oxygen atoms in total. The molecular weight excluding hydrogens is 330 g/mol. The Morgan fingerprint density at radius 2 is 1.90 bits per heavy atom. The molecule has 0 aliphatic rings. The predicted octanol–water partition coefficient (Wildman–Crippen LogP) is 3.02. The molecule has 112 valence electrons. The molecule has 0 aliphatic carbocycles. The molecule has 2 aromatic rings. The Balaban J connectivity index is 1.71. The zero-order valence-electron chi connectivity index (χ0n) is 11.8. The number of rotatable bonds is 8. The van der Waals surface area contributed by atoms with E-state index in [-0.39, 0.29) is 12.6 Å². The van der Waals surface area contributed by atoms with Crippen molar-refractivity contribution in [2.24, 2.45) is 0 Å². The van der Waals surface area contributed by atoms with Crippen LogP contribution in [0.3, 0.4) is 0 Å². The van der Waals surface area contributed by atoms with Gasteiger partial charge in [-0.1, -0.05) is 52.3 Å². The first-order valence-electron chi connectivity index (χ1n) is 7.04. The minimum Gasteiger partial charge on any atom is -0.492 e. The number of hydrogen-bond acceptors (Lipinski definition) is 3. The lowest BCUT2D eigenvalue weighted by molar-refractivity contribution is 0.230. The van der Waals surface area contributed by atoms with E-state index in [0.717, 1.165) is 16.6 Å². The molecule has 0 saturated carbocycles. The molecule has 0 radical (unpaired) electrons. The van der Waals surface area contributed by atoms with Crippen LogP contribution in [-0.2, 0) is 6.42 Å². The second kappa shape index (κ2) is 8.82. The van der Waals surface area contributed by atoms with Gasteiger partial charge >= 0.3 is 0 Å². The molecule has 21 heavy (non-hydrogen) atoms. The summed E-state index contributed by atoms with van der Waals surface area (Å²) in [4.78, 5) is 0. The van der Waals surface area contributed by atoms with Gasteiger partial charge in [0, 0.05) is 17.1 Å². The Kier molecular flexibility index (Phi) is 6.73. The largest absolute Gasteiger partial charge is 0.492 e. The fourth-order valence-corrected chi connectivity index (χ4v) is 2.47. The number of nitrogens with one attached hydrogen (secondary N) is 1. The van der Waals surface area contributed by atoms with Crippen LogP contribution < -0.4 is 10.1 Å². The van der Waals surface area contributed by atoms with E-state index in [1.54, 1.807) is 0 Å². The van der Waals surface area contributed by atoms with Gasteiger partial charge in [-0.15, -0.1) is 0 Å². The molecule has 0 amide bonds. The third-order valence-electron chi connectivity index (χ3n) is 3.15. The summed E-state index contributed by atoms with van der Waals surface area (Å²) < 4.78 is 6.66. The van der Waals surface area contributed by atoms with E-state index in [2.05, 4.69) is 33.4 Å². The van der Waals surface area contributed by atoms with Crippen LogP contribution in [0, 0.1) is 0 Å². The topological polar surface area (TPSA) is 41.5 Å². The molecule has 0 aromatic heterocycles. The average molecular weight is 350 g/mol. The maximum atomic E-state index is 9.43. The van der Waals surface area contributed by atoms with E-state index >= 15 is 0 Å². The monoisotopic (exact) mass is 349 g/mol. The average Bonchev–Trinajstić information content (AvgIpc) is 2.51. The van der Waals surface area contributed by atoms with Crippen molar-refractivity contribution in [1.82, 2.24) is 5.32 Å². The number of ether oxygens (including phenoxy) is 1. The predicted molar refractivity (Wildman–Crippen MR) is 88.7 cm³/mol. The van der Waals surface area contributed by atoms with E-state index in [1.165, 1.54) is 5.56 Å². The number of benzene rings is 2. The minimum absolute atomic E-state index is 0.0542. The van der Waals surface area contributed by atoms with Gasteiger partial charge in [0.1, 0.15) is 12.4 Å². The van der Waals surface area contributed by atoms with Gasteiger partial charge in [-0.3, -0.25) is 0 Å². The Morgan fingerprint density at radius 1 is 1.10 bits per heavy atom. The highest BCUT2D eigenvalue weighted by atomic mass is 79.9. The van der Waals surface area contributed by atoms with Crippen molar-refractivity contribution in [3.8, 4) is 5.75 Å². The van der Waals surface area contributed by atoms with Crippen LogP contribution in [0.2, 0.25) is 0 Å². The molecule has 0 bridgehead atoms. The van der Waals surface area contributed by atoms with Gasteiger partial charge in [-0.2, -0.15) is 0 Å². The highest BCUT2D eigenvalue weighted by Crippen LogP contribution is 2.17. The first-order chi connectivity index (χ1) is 10.3. The Morgan fingerprint density at radius 3 is 2.62 bits per heavy atom. The van der Waals surface area contributed by atoms with E-state index in [9.17, 15) is 5.11 Å². The number of halogens is 1. The fraction of sp³-hybridized carbons (Fsp3) is 0.294. The number of aliphatic hydroxyl groups excluding tert-OH is 1. The maximum Gasteiger partial charge on any atom is 0.120 e. The van der Waals surface area contributed by atoms with Crippen LogP contribution in [0.4, 0.5) is 0 Å². The normalized spacial score (nSPS) is 12.1. The maximum absolute atomic E-state index is 9.43. The SMILES string of the molecule is OCC(Cc1ccccc1)NCCOc1cccc(Br)c1. The molecule has 1 unspecified atom stereocenters. The highest BCUT2D eigenvalue weighted by molar-refractivity contribution is 9.10. The lowest BCUT2D eigenvalue weighted by Gasteiger charge is -2.16. The summed E-state index contributed by atoms with van der Waals surface area (Å²) in [6.45, 7) is 1.39. The van der Waals surface area contributed by atoms with E-state index < -0.39 is 0 Å². The smallest absolute Gasteiger partial charge is 0.120 e. The highest BCUT2D eigenvalue weighted by Gasteiger charge is 2.07. The summed E-state index contributed by atoms with van der Waals surface area (Å²) in [5.41, 5.74) is 1.22. The molecule has 0 aliphatic heterocycles. The summed E-state index contributed by atoms with van der Waals surface area (Å²) in [5.74, 6) is 0.842. The zero-order valence-corrected chi connectivity index (χ0v) is 13.4. The first-order valence-corrected chi connectivity index (χ1v) is 7.84. The van der Waals surface area contributed by atoms with Gasteiger partial charge in [-0.05, 0) is 30.2 Å². The Bertz CT molecular complexity index is 533. The summed E-state index contributed by atoms with van der Waals surface area (Å²) >= 11 is 3.41. The van der Waals surface area contributed by atoms with E-state index in [4.69, 9.17) is 4.74 Å². The molecule has 0 saturated heterocycles. The van der Waals surface area contributed by atoms with Gasteiger partial charge < -0.3 is 15.2 Å². The standard InChI is InChI=1S/C17H20BrNO2/c18-15-7-4-8-17(12-15)21-10-9-19-16(13-20)11-14-5-2-1-3-6-14/h1-8,12,16,19-20H,9-11,13H2. The molecule has 2 aromatic carbocycles. The third kappa shape index (κ3) is 5.87. The second-order valence-corrected chi connectivity index (χ2v) is 5.74. The summed E-state index contributed by atoms with van der Waals surface area (Å²) in [6.07, 6.45) is 0.814. The lowest BCUT2D eigenvalue weighted by atomic mass is 10.1. The first kappa shape index (κ1) is 16.0. The number of aliphatic hydroxyl groups is 1. The molecule has 0 spiro atoms. The molecule has 0 fully saturated rings. The molecule has 2 N–H and O–H groups in total. The van der Waals surface area contributed by atoms with Crippen molar-refractivity contribution in [3.05, 3.63) is 64.6 Å². The Hall–Kier alpha value is -1.36. The van der Waals surface area contributed by atoms with Crippen LogP contribution in [0.25, 0.3) is 0 Å². The minimum atomic E-state index is 0.0542. The fourth-order valence-electron chi connectivity index (χ4n) is 2.09. The van der Waals surface area contributed by atoms with Crippen LogP contribution in [-0.4, -0.2) is 30.9 Å². The summed E-state index contributed by atoms with van der Waals surface area (Å²) in [7, 11) is 0. The van der Waals surface area contributed by atoms with Crippen LogP contribution in [0.1, 0.15) is 5.56 Å². The number of hydrogen-bond donors (Lipinski definition) is 2. The van der Waals surface area contributed by atoms with Gasteiger partial charge in [0.05, 0.1) is 6.61 Å². The second-order valence-electron chi connectivity index (χ2n) is 4.83. The molecule has 1 atom stereocenters. The van der Waals surface area contributed by atoms with E-state index in [1.807, 2.05) is 42.5 Å². The van der Waals surface area contributed by atoms with Crippen molar-refractivity contribution in [1.29, 1.82) is 0 Å². The van der Waals surface area contributed by atoms with Crippen molar-refractivity contribution in [3.63, 3.8) is 0 Å². The Labute approximate surface area is 134 Å². The quantitative estimate of drug-likeness (QED) is 0.719. The molecule has 4 heteroatoms. The molecular formula is C17H20BrNO2. The van der Waals surface area contributed by atoms with Crippen molar-refractivity contribution in [2.45, 2.75) is 12.5 Å². The van der Waals surface area contributed by atoms with Crippen LogP contribution in [0.5, 0.6) is 5.75 Å². The van der Waals surface area contributed by atoms with Gasteiger partial charge in [0.15, 0.2) is 0 Å². The van der Waals surface area contributed by atoms with E-state index in [0.29, 0.717) is 13.2 Å². The lowest BCUT2D eigenvalue weighted by Crippen LogP contribution is -2.37. The van der Waals surface area contributed by atoms with Crippen LogP contribution >= 0.6 is 15.9 Å². The van der Waals surface area contributed by atoms with Gasteiger partial charge in [0.2, 0.25) is 0 Å². The van der Waals surface area contributed by atoms with Crippen molar-refractivity contribution >= 4 is 15.9 Å². The van der Waals surface area contributed by atoms with Gasteiger partial charge in [0.25, 0.3) is 0 Å². The van der Waals surface area contributed by atoms with Crippen molar-refractivity contribution in [2.75, 3.05) is 19.8 Å².